The summed E-state index contributed by atoms with van der Waals surface area (Å²) in [5.41, 5.74) is 1.54. The molecule has 0 aliphatic carbocycles. The largest absolute Gasteiger partial charge is 0.497 e. The second kappa shape index (κ2) is 6.12. The zero-order valence-electron chi connectivity index (χ0n) is 13.5. The normalized spacial score (nSPS) is 10.6. The van der Waals surface area contributed by atoms with Crippen molar-refractivity contribution in [3.05, 3.63) is 36.4 Å². The van der Waals surface area contributed by atoms with E-state index >= 15 is 0 Å². The van der Waals surface area contributed by atoms with E-state index in [9.17, 15) is 0 Å². The van der Waals surface area contributed by atoms with Gasteiger partial charge < -0.3 is 23.4 Å². The fourth-order valence-electron chi connectivity index (χ4n) is 2.57. The quantitative estimate of drug-likeness (QED) is 0.708. The summed E-state index contributed by atoms with van der Waals surface area (Å²) in [6, 6.07) is 11.4. The highest BCUT2D eigenvalue weighted by molar-refractivity contribution is 5.86. The molecule has 0 amide bonds. The van der Waals surface area contributed by atoms with E-state index in [0.29, 0.717) is 23.0 Å². The van der Waals surface area contributed by atoms with E-state index in [0.717, 1.165) is 22.3 Å². The molecule has 1 aromatic heterocycles. The van der Waals surface area contributed by atoms with Crippen molar-refractivity contribution in [1.29, 1.82) is 0 Å². The second-order valence-corrected chi connectivity index (χ2v) is 4.90. The molecule has 0 fully saturated rings. The highest BCUT2D eigenvalue weighted by Crippen LogP contribution is 2.45. The lowest BCUT2D eigenvalue weighted by Crippen LogP contribution is -1.96. The first kappa shape index (κ1) is 15.1. The topological polar surface area (TPSA) is 50.1 Å². The third kappa shape index (κ3) is 2.54. The van der Waals surface area contributed by atoms with E-state index < -0.39 is 0 Å². The van der Waals surface area contributed by atoms with Crippen molar-refractivity contribution in [3.63, 3.8) is 0 Å². The van der Waals surface area contributed by atoms with Crippen LogP contribution in [0.25, 0.3) is 22.3 Å². The molecule has 1 heterocycles. The minimum Gasteiger partial charge on any atom is -0.497 e. The van der Waals surface area contributed by atoms with Gasteiger partial charge in [-0.3, -0.25) is 0 Å². The molecule has 23 heavy (non-hydrogen) atoms. The summed E-state index contributed by atoms with van der Waals surface area (Å²) in [7, 11) is 6.38. The second-order valence-electron chi connectivity index (χ2n) is 4.90. The van der Waals surface area contributed by atoms with Crippen LogP contribution in [0.4, 0.5) is 0 Å². The highest BCUT2D eigenvalue weighted by atomic mass is 16.5. The summed E-state index contributed by atoms with van der Waals surface area (Å²) in [5, 5.41) is 0.984. The molecule has 0 spiro atoms. The molecule has 0 unspecified atom stereocenters. The Kier molecular flexibility index (Phi) is 4.02. The van der Waals surface area contributed by atoms with Crippen LogP contribution in [0.2, 0.25) is 0 Å². The van der Waals surface area contributed by atoms with Crippen molar-refractivity contribution in [2.24, 2.45) is 0 Å². The molecule has 0 saturated heterocycles. The molecule has 0 bridgehead atoms. The molecule has 0 N–H and O–H groups in total. The van der Waals surface area contributed by atoms with Gasteiger partial charge in [0.2, 0.25) is 5.75 Å². The third-order valence-corrected chi connectivity index (χ3v) is 3.70. The molecule has 3 aromatic rings. The Bertz CT molecular complexity index is 835. The maximum atomic E-state index is 5.96. The molecule has 0 saturated carbocycles. The van der Waals surface area contributed by atoms with Crippen LogP contribution in [0, 0.1) is 0 Å². The lowest BCUT2D eigenvalue weighted by atomic mass is 10.1. The Labute approximate surface area is 134 Å². The number of fused-ring (bicyclic) bond motifs is 1. The minimum absolute atomic E-state index is 0.533. The summed E-state index contributed by atoms with van der Waals surface area (Å²) < 4.78 is 27.4. The summed E-state index contributed by atoms with van der Waals surface area (Å²) >= 11 is 0. The average molecular weight is 314 g/mol. The molecular weight excluding hydrogens is 296 g/mol. The van der Waals surface area contributed by atoms with Crippen LogP contribution < -0.4 is 18.9 Å². The van der Waals surface area contributed by atoms with Gasteiger partial charge in [-0.15, -0.1) is 0 Å². The van der Waals surface area contributed by atoms with Gasteiger partial charge in [-0.25, -0.2) is 0 Å². The van der Waals surface area contributed by atoms with Crippen LogP contribution in [-0.4, -0.2) is 28.4 Å². The smallest absolute Gasteiger partial charge is 0.204 e. The molecule has 5 heteroatoms. The molecule has 0 atom stereocenters. The molecule has 5 nitrogen and oxygen atoms in total. The first-order chi connectivity index (χ1) is 11.2. The fourth-order valence-corrected chi connectivity index (χ4v) is 2.57. The molecular formula is C18H18O5. The van der Waals surface area contributed by atoms with Gasteiger partial charge in [0.25, 0.3) is 0 Å². The van der Waals surface area contributed by atoms with Gasteiger partial charge in [0.05, 0.1) is 34.0 Å². The van der Waals surface area contributed by atoms with Crippen molar-refractivity contribution in [2.45, 2.75) is 0 Å². The Morgan fingerprint density at radius 1 is 0.739 bits per heavy atom. The number of furan rings is 1. The highest BCUT2D eigenvalue weighted by Gasteiger charge is 2.19. The van der Waals surface area contributed by atoms with E-state index in [4.69, 9.17) is 23.4 Å². The summed E-state index contributed by atoms with van der Waals surface area (Å²) in [4.78, 5) is 0. The number of ether oxygens (including phenoxy) is 4. The van der Waals surface area contributed by atoms with Crippen LogP contribution >= 0.6 is 0 Å². The molecule has 2 aromatic carbocycles. The Morgan fingerprint density at radius 2 is 1.52 bits per heavy atom. The number of rotatable bonds is 5. The van der Waals surface area contributed by atoms with Gasteiger partial charge in [0.1, 0.15) is 17.1 Å². The van der Waals surface area contributed by atoms with Crippen LogP contribution in [0.5, 0.6) is 23.0 Å². The van der Waals surface area contributed by atoms with Crippen molar-refractivity contribution >= 4 is 11.0 Å². The summed E-state index contributed by atoms with van der Waals surface area (Å²) in [6.07, 6.45) is 0. The first-order valence-electron chi connectivity index (χ1n) is 7.08. The summed E-state index contributed by atoms with van der Waals surface area (Å²) in [6.45, 7) is 0. The van der Waals surface area contributed by atoms with Gasteiger partial charge >= 0.3 is 0 Å². The Balaban J connectivity index is 2.17. The van der Waals surface area contributed by atoms with Crippen LogP contribution in [0.1, 0.15) is 0 Å². The van der Waals surface area contributed by atoms with Crippen molar-refractivity contribution in [1.82, 2.24) is 0 Å². The standard InChI is InChI=1S/C18H18O5/c1-19-12-6-5-11-9-16(23-15(11)10-12)13-7-8-14(20-2)18(22-4)17(13)21-3/h5-10H,1-4H3. The lowest BCUT2D eigenvalue weighted by molar-refractivity contribution is 0.325. The molecule has 120 valence electrons. The van der Waals surface area contributed by atoms with E-state index in [2.05, 4.69) is 0 Å². The van der Waals surface area contributed by atoms with Crippen molar-refractivity contribution in [3.8, 4) is 34.3 Å². The Morgan fingerprint density at radius 3 is 2.17 bits per heavy atom. The minimum atomic E-state index is 0.533. The van der Waals surface area contributed by atoms with Gasteiger partial charge in [-0.2, -0.15) is 0 Å². The maximum absolute atomic E-state index is 5.96. The van der Waals surface area contributed by atoms with E-state index in [1.165, 1.54) is 0 Å². The number of methoxy groups -OCH3 is 4. The van der Waals surface area contributed by atoms with Crippen LogP contribution in [-0.2, 0) is 0 Å². The molecule has 0 aliphatic heterocycles. The van der Waals surface area contributed by atoms with Gasteiger partial charge in [-0.05, 0) is 30.3 Å². The van der Waals surface area contributed by atoms with Crippen LogP contribution in [0.3, 0.4) is 0 Å². The van der Waals surface area contributed by atoms with E-state index in [-0.39, 0.29) is 0 Å². The van der Waals surface area contributed by atoms with E-state index in [1.807, 2.05) is 36.4 Å². The summed E-state index contributed by atoms with van der Waals surface area (Å²) in [5.74, 6) is 3.14. The van der Waals surface area contributed by atoms with Gasteiger partial charge in [0, 0.05) is 11.5 Å². The zero-order chi connectivity index (χ0) is 16.4. The van der Waals surface area contributed by atoms with Crippen molar-refractivity contribution in [2.75, 3.05) is 28.4 Å². The Hall–Kier alpha value is -2.82. The number of benzene rings is 2. The predicted octanol–water partition coefficient (Wildman–Crippen LogP) is 4.13. The van der Waals surface area contributed by atoms with E-state index in [1.54, 1.807) is 28.4 Å². The first-order valence-corrected chi connectivity index (χ1v) is 7.08. The molecule has 0 radical (unpaired) electrons. The van der Waals surface area contributed by atoms with Gasteiger partial charge in [0.15, 0.2) is 11.5 Å². The molecule has 3 rings (SSSR count). The zero-order valence-corrected chi connectivity index (χ0v) is 13.5. The number of hydrogen-bond donors (Lipinski definition) is 0. The van der Waals surface area contributed by atoms with Crippen LogP contribution in [0.15, 0.2) is 40.8 Å². The van der Waals surface area contributed by atoms with Gasteiger partial charge in [-0.1, -0.05) is 0 Å². The average Bonchev–Trinajstić information content (AvgIpc) is 3.02. The number of hydrogen-bond acceptors (Lipinski definition) is 5. The monoisotopic (exact) mass is 314 g/mol. The third-order valence-electron chi connectivity index (χ3n) is 3.70. The SMILES string of the molecule is COc1ccc2cc(-c3ccc(OC)c(OC)c3OC)oc2c1. The fraction of sp³-hybridized carbons (Fsp3) is 0.222. The molecule has 0 aliphatic rings. The lowest BCUT2D eigenvalue weighted by Gasteiger charge is -2.14. The van der Waals surface area contributed by atoms with Crippen molar-refractivity contribution < 1.29 is 23.4 Å². The predicted molar refractivity (Wildman–Crippen MR) is 87.9 cm³/mol. The maximum Gasteiger partial charge on any atom is 0.204 e.